The minimum Gasteiger partial charge on any atom is -0.357 e. The lowest BCUT2D eigenvalue weighted by Gasteiger charge is -2.05. The molecule has 0 unspecified atom stereocenters. The van der Waals surface area contributed by atoms with Crippen LogP contribution in [0, 0.1) is 0 Å². The zero-order valence-corrected chi connectivity index (χ0v) is 9.18. The van der Waals surface area contributed by atoms with Crippen molar-refractivity contribution in [3.05, 3.63) is 0 Å². The fraction of sp³-hybridized carbons (Fsp3) is 0.778. The molecule has 0 aliphatic heterocycles. The number of rotatable bonds is 8. The molecule has 0 heterocycles. The highest BCUT2D eigenvalue weighted by Crippen LogP contribution is 1.79. The lowest BCUT2D eigenvalue weighted by atomic mass is 10.3. The highest BCUT2D eigenvalue weighted by molar-refractivity contribution is 5.76. The smallest absolute Gasteiger partial charge is 0.225 e. The van der Waals surface area contributed by atoms with E-state index in [-0.39, 0.29) is 11.8 Å². The quantitative estimate of drug-likeness (QED) is 0.323. The summed E-state index contributed by atoms with van der Waals surface area (Å²) in [6, 6.07) is 0. The Labute approximate surface area is 89.8 Å². The van der Waals surface area contributed by atoms with Crippen LogP contribution in [0.5, 0.6) is 0 Å². The van der Waals surface area contributed by atoms with E-state index in [1.165, 1.54) is 0 Å². The maximum absolute atomic E-state index is 11.0. The summed E-state index contributed by atoms with van der Waals surface area (Å²) in [5.41, 5.74) is 7.18. The molecule has 0 aliphatic rings. The Morgan fingerprint density at radius 1 is 0.867 bits per heavy atom. The third kappa shape index (κ3) is 9.17. The van der Waals surface area contributed by atoms with E-state index in [0.29, 0.717) is 39.0 Å². The van der Waals surface area contributed by atoms with E-state index in [1.54, 1.807) is 0 Å². The molecule has 8 N–H and O–H groups in total. The third-order valence-corrected chi connectivity index (χ3v) is 1.81. The van der Waals surface area contributed by atoms with Gasteiger partial charge in [0.25, 0.3) is 0 Å². The molecule has 0 saturated carbocycles. The van der Waals surface area contributed by atoms with Crippen LogP contribution in [0.2, 0.25) is 0 Å². The van der Waals surface area contributed by atoms with Gasteiger partial charge in [-0.1, -0.05) is 0 Å². The Balaban J connectivity index is 3.24. The minimum absolute atomic E-state index is 0.0223. The molecule has 15 heavy (non-hydrogen) atoms. The van der Waals surface area contributed by atoms with Gasteiger partial charge >= 0.3 is 0 Å². The summed E-state index contributed by atoms with van der Waals surface area (Å²) >= 11 is 0. The number of hydrogen-bond acceptors (Lipinski definition) is 2. The molecule has 0 atom stereocenters. The van der Waals surface area contributed by atoms with Gasteiger partial charge in [0.15, 0.2) is 0 Å². The molecule has 0 fully saturated rings. The Morgan fingerprint density at radius 2 is 1.27 bits per heavy atom. The van der Waals surface area contributed by atoms with Gasteiger partial charge in [0.2, 0.25) is 11.8 Å². The fourth-order valence-electron chi connectivity index (χ4n) is 1.04. The predicted octanol–water partition coefficient (Wildman–Crippen LogP) is -3.13. The standard InChI is InChI=1S/C9H20N4O2/c10-4-2-8(14)12-6-1-7-13-9(15)3-5-11/h1-7,10-11H2,(H,12,14)(H,13,15)/p+2. The summed E-state index contributed by atoms with van der Waals surface area (Å²) in [5.74, 6) is 0.0446. The predicted molar refractivity (Wildman–Crippen MR) is 55.4 cm³/mol. The Hall–Kier alpha value is -1.14. The molecular weight excluding hydrogens is 196 g/mol. The highest BCUT2D eigenvalue weighted by atomic mass is 16.2. The summed E-state index contributed by atoms with van der Waals surface area (Å²) in [4.78, 5) is 22.0. The molecule has 6 heteroatoms. The fourth-order valence-corrected chi connectivity index (χ4v) is 1.04. The Bertz CT molecular complexity index is 177. The lowest BCUT2D eigenvalue weighted by molar-refractivity contribution is -0.366. The highest BCUT2D eigenvalue weighted by Gasteiger charge is 2.01. The van der Waals surface area contributed by atoms with Crippen LogP contribution in [-0.4, -0.2) is 38.0 Å². The van der Waals surface area contributed by atoms with Crippen molar-refractivity contribution in [1.82, 2.24) is 10.6 Å². The van der Waals surface area contributed by atoms with E-state index in [2.05, 4.69) is 22.1 Å². The third-order valence-electron chi connectivity index (χ3n) is 1.81. The molecule has 0 radical (unpaired) electrons. The van der Waals surface area contributed by atoms with Crippen molar-refractivity contribution < 1.29 is 21.1 Å². The number of hydrogen-bond donors (Lipinski definition) is 4. The average Bonchev–Trinajstić information content (AvgIpc) is 2.18. The normalized spacial score (nSPS) is 9.73. The van der Waals surface area contributed by atoms with Crippen LogP contribution in [0.25, 0.3) is 0 Å². The molecule has 0 aromatic rings. The second kappa shape index (κ2) is 9.42. The van der Waals surface area contributed by atoms with Gasteiger partial charge < -0.3 is 22.1 Å². The lowest BCUT2D eigenvalue weighted by Crippen LogP contribution is -2.52. The van der Waals surface area contributed by atoms with E-state index >= 15 is 0 Å². The molecule has 0 aromatic carbocycles. The van der Waals surface area contributed by atoms with Gasteiger partial charge in [-0.05, 0) is 6.42 Å². The summed E-state index contributed by atoms with van der Waals surface area (Å²) in [5, 5.41) is 5.49. The summed E-state index contributed by atoms with van der Waals surface area (Å²) in [6.45, 7) is 2.44. The Kier molecular flexibility index (Phi) is 8.70. The van der Waals surface area contributed by atoms with Gasteiger partial charge in [-0.3, -0.25) is 9.59 Å². The average molecular weight is 218 g/mol. The van der Waals surface area contributed by atoms with E-state index in [9.17, 15) is 9.59 Å². The largest absolute Gasteiger partial charge is 0.357 e. The first-order chi connectivity index (χ1) is 7.20. The van der Waals surface area contributed by atoms with Crippen LogP contribution >= 0.6 is 0 Å². The molecule has 0 bridgehead atoms. The molecule has 0 aromatic heterocycles. The van der Waals surface area contributed by atoms with Gasteiger partial charge in [0.1, 0.15) is 0 Å². The molecule has 0 saturated heterocycles. The van der Waals surface area contributed by atoms with Crippen molar-refractivity contribution in [1.29, 1.82) is 0 Å². The first kappa shape index (κ1) is 13.9. The van der Waals surface area contributed by atoms with Crippen molar-refractivity contribution >= 4 is 11.8 Å². The van der Waals surface area contributed by atoms with Gasteiger partial charge in [-0.2, -0.15) is 0 Å². The SMILES string of the molecule is [NH3+]CCC(=O)NCCCNC(=O)CC[NH3+]. The van der Waals surface area contributed by atoms with Crippen molar-refractivity contribution in [2.75, 3.05) is 26.2 Å². The number of carbonyl (C=O) groups is 2. The maximum atomic E-state index is 11.0. The van der Waals surface area contributed by atoms with E-state index in [1.807, 2.05) is 0 Å². The van der Waals surface area contributed by atoms with Gasteiger partial charge in [0, 0.05) is 13.1 Å². The molecule has 0 spiro atoms. The molecule has 6 nitrogen and oxygen atoms in total. The van der Waals surface area contributed by atoms with E-state index < -0.39 is 0 Å². The molecule has 2 amide bonds. The van der Waals surface area contributed by atoms with E-state index in [4.69, 9.17) is 0 Å². The van der Waals surface area contributed by atoms with Crippen molar-refractivity contribution in [2.45, 2.75) is 19.3 Å². The number of quaternary nitrogens is 2. The van der Waals surface area contributed by atoms with Crippen LogP contribution in [-0.2, 0) is 9.59 Å². The van der Waals surface area contributed by atoms with Crippen LogP contribution in [0.4, 0.5) is 0 Å². The summed E-state index contributed by atoms with van der Waals surface area (Å²) in [7, 11) is 0. The molecule has 0 rings (SSSR count). The minimum atomic E-state index is 0.0223. The van der Waals surface area contributed by atoms with Crippen molar-refractivity contribution in [3.8, 4) is 0 Å². The number of nitrogens with one attached hydrogen (secondary N) is 2. The maximum Gasteiger partial charge on any atom is 0.225 e. The topological polar surface area (TPSA) is 113 Å². The van der Waals surface area contributed by atoms with Crippen LogP contribution in [0.3, 0.4) is 0 Å². The van der Waals surface area contributed by atoms with Crippen LogP contribution in [0.1, 0.15) is 19.3 Å². The monoisotopic (exact) mass is 218 g/mol. The van der Waals surface area contributed by atoms with E-state index in [0.717, 1.165) is 6.42 Å². The second-order valence-electron chi connectivity index (χ2n) is 3.26. The van der Waals surface area contributed by atoms with Crippen molar-refractivity contribution in [3.63, 3.8) is 0 Å². The van der Waals surface area contributed by atoms with Crippen molar-refractivity contribution in [2.24, 2.45) is 0 Å². The van der Waals surface area contributed by atoms with Gasteiger partial charge in [-0.25, -0.2) is 0 Å². The van der Waals surface area contributed by atoms with Gasteiger partial charge in [0.05, 0.1) is 25.9 Å². The second-order valence-corrected chi connectivity index (χ2v) is 3.26. The number of amides is 2. The van der Waals surface area contributed by atoms with Crippen LogP contribution in [0.15, 0.2) is 0 Å². The zero-order chi connectivity index (χ0) is 11.5. The molecule has 0 aliphatic carbocycles. The summed E-state index contributed by atoms with van der Waals surface area (Å²) < 4.78 is 0. The number of carbonyl (C=O) groups excluding carboxylic acids is 2. The zero-order valence-electron chi connectivity index (χ0n) is 9.18. The van der Waals surface area contributed by atoms with Gasteiger partial charge in [-0.15, -0.1) is 0 Å². The molecule has 88 valence electrons. The summed E-state index contributed by atoms with van der Waals surface area (Å²) in [6.07, 6.45) is 1.69. The van der Waals surface area contributed by atoms with Crippen LogP contribution < -0.4 is 22.1 Å². The first-order valence-corrected chi connectivity index (χ1v) is 5.32. The molecular formula is C9H22N4O2+2. The first-order valence-electron chi connectivity index (χ1n) is 5.32. The Morgan fingerprint density at radius 3 is 1.60 bits per heavy atom.